The third-order valence-electron chi connectivity index (χ3n) is 7.37. The average Bonchev–Trinajstić information content (AvgIpc) is 3.49. The van der Waals surface area contributed by atoms with E-state index in [0.29, 0.717) is 17.3 Å². The van der Waals surface area contributed by atoms with Gasteiger partial charge in [0.15, 0.2) is 0 Å². The largest absolute Gasteiger partial charge is 0.341 e. The molecule has 5 heterocycles. The number of nitrogens with one attached hydrogen (secondary N) is 1. The van der Waals surface area contributed by atoms with Crippen LogP contribution in [0.25, 0.3) is 10.2 Å². The molecule has 3 aliphatic rings. The van der Waals surface area contributed by atoms with Crippen molar-refractivity contribution in [2.24, 2.45) is 0 Å². The van der Waals surface area contributed by atoms with Crippen LogP contribution in [0.5, 0.6) is 0 Å². The Kier molecular flexibility index (Phi) is 6.19. The van der Waals surface area contributed by atoms with Gasteiger partial charge in [0.05, 0.1) is 16.9 Å². The second-order valence-corrected chi connectivity index (χ2v) is 11.7. The fraction of sp³-hybridized carbons (Fsp3) is 0.625. The number of aryl methyl sites for hydroxylation is 3. The summed E-state index contributed by atoms with van der Waals surface area (Å²) < 4.78 is 2.32. The van der Waals surface area contributed by atoms with E-state index in [9.17, 15) is 9.59 Å². The molecule has 34 heavy (non-hydrogen) atoms. The summed E-state index contributed by atoms with van der Waals surface area (Å²) in [4.78, 5) is 37.5. The zero-order valence-electron chi connectivity index (χ0n) is 19.3. The van der Waals surface area contributed by atoms with Crippen LogP contribution in [0.2, 0.25) is 0 Å². The van der Waals surface area contributed by atoms with Crippen molar-refractivity contribution in [1.29, 1.82) is 0 Å². The number of fused-ring (bicyclic) bond motifs is 4. The van der Waals surface area contributed by atoms with Gasteiger partial charge in [0.2, 0.25) is 5.91 Å². The van der Waals surface area contributed by atoms with Crippen molar-refractivity contribution < 1.29 is 4.79 Å². The quantitative estimate of drug-likeness (QED) is 0.579. The second kappa shape index (κ2) is 9.45. The predicted octanol–water partition coefficient (Wildman–Crippen LogP) is 3.43. The first-order valence-electron chi connectivity index (χ1n) is 12.5. The van der Waals surface area contributed by atoms with Crippen molar-refractivity contribution in [2.75, 3.05) is 18.8 Å². The van der Waals surface area contributed by atoms with Crippen LogP contribution >= 0.6 is 23.1 Å². The summed E-state index contributed by atoms with van der Waals surface area (Å²) in [5.74, 6) is 4.20. The van der Waals surface area contributed by atoms with Gasteiger partial charge < -0.3 is 14.5 Å². The molecule has 1 aliphatic carbocycles. The Morgan fingerprint density at radius 3 is 2.97 bits per heavy atom. The van der Waals surface area contributed by atoms with Gasteiger partial charge in [-0.15, -0.1) is 33.3 Å². The standard InChI is InChI=1S/C24H30N6O2S2/c31-20(14-33-13-18-25-23(32)21-16-7-4-8-17(16)34-24(21)26-18)29-10-5-6-15(12-29)22-28-27-19-9-2-1-3-11-30(19)22/h15H,1-14H2,(H,25,26,32). The van der Waals surface area contributed by atoms with E-state index in [-0.39, 0.29) is 17.4 Å². The van der Waals surface area contributed by atoms with Crippen molar-refractivity contribution in [1.82, 2.24) is 29.6 Å². The number of aromatic amines is 1. The van der Waals surface area contributed by atoms with Crippen LogP contribution in [-0.4, -0.2) is 54.4 Å². The first-order valence-corrected chi connectivity index (χ1v) is 14.5. The molecule has 6 rings (SSSR count). The number of rotatable bonds is 5. The van der Waals surface area contributed by atoms with E-state index in [1.54, 1.807) is 11.3 Å². The SMILES string of the molecule is O=C(CSCc1nc2sc3c(c2c(=O)[nH]1)CCC3)N1CCCC(c2nnc3n2CCCCC3)C1. The van der Waals surface area contributed by atoms with Gasteiger partial charge in [0.1, 0.15) is 22.3 Å². The highest BCUT2D eigenvalue weighted by atomic mass is 32.2. The number of H-pyrrole nitrogens is 1. The third kappa shape index (κ3) is 4.19. The van der Waals surface area contributed by atoms with E-state index >= 15 is 0 Å². The molecule has 180 valence electrons. The van der Waals surface area contributed by atoms with Gasteiger partial charge in [0.25, 0.3) is 5.56 Å². The molecule has 3 aromatic rings. The number of amides is 1. The monoisotopic (exact) mass is 498 g/mol. The summed E-state index contributed by atoms with van der Waals surface area (Å²) in [6.45, 7) is 2.53. The van der Waals surface area contributed by atoms with Crippen LogP contribution in [0, 0.1) is 0 Å². The van der Waals surface area contributed by atoms with E-state index in [4.69, 9.17) is 4.98 Å². The highest BCUT2D eigenvalue weighted by Gasteiger charge is 2.29. The zero-order valence-corrected chi connectivity index (χ0v) is 21.0. The van der Waals surface area contributed by atoms with Crippen LogP contribution < -0.4 is 5.56 Å². The third-order valence-corrected chi connectivity index (χ3v) is 9.48. The molecule has 1 unspecified atom stereocenters. The van der Waals surface area contributed by atoms with Crippen LogP contribution in [0.1, 0.15) is 72.4 Å². The maximum atomic E-state index is 13.0. The topological polar surface area (TPSA) is 96.8 Å². The Balaban J connectivity index is 1.08. The smallest absolute Gasteiger partial charge is 0.259 e. The molecule has 0 spiro atoms. The molecule has 1 atom stereocenters. The lowest BCUT2D eigenvalue weighted by Gasteiger charge is -2.32. The normalized spacial score (nSPS) is 20.4. The number of likely N-dealkylation sites (tertiary alicyclic amines) is 1. The molecule has 0 bridgehead atoms. The van der Waals surface area contributed by atoms with E-state index in [0.717, 1.165) is 80.0 Å². The highest BCUT2D eigenvalue weighted by Crippen LogP contribution is 2.34. The van der Waals surface area contributed by atoms with Crippen LogP contribution in [-0.2, 0) is 36.4 Å². The summed E-state index contributed by atoms with van der Waals surface area (Å²) in [6, 6.07) is 0. The highest BCUT2D eigenvalue weighted by molar-refractivity contribution is 7.99. The molecule has 8 nitrogen and oxygen atoms in total. The van der Waals surface area contributed by atoms with Crippen molar-refractivity contribution in [3.63, 3.8) is 0 Å². The van der Waals surface area contributed by atoms with Gasteiger partial charge in [-0.1, -0.05) is 6.42 Å². The Hall–Kier alpha value is -2.20. The fourth-order valence-corrected chi connectivity index (χ4v) is 7.74. The number of carbonyl (C=O) groups is 1. The lowest BCUT2D eigenvalue weighted by atomic mass is 9.97. The lowest BCUT2D eigenvalue weighted by molar-refractivity contribution is -0.129. The van der Waals surface area contributed by atoms with Crippen LogP contribution in [0.3, 0.4) is 0 Å². The summed E-state index contributed by atoms with van der Waals surface area (Å²) in [6.07, 6.45) is 9.86. The van der Waals surface area contributed by atoms with Gasteiger partial charge in [0, 0.05) is 36.9 Å². The Morgan fingerprint density at radius 1 is 1.09 bits per heavy atom. The van der Waals surface area contributed by atoms with E-state index in [1.807, 2.05) is 4.90 Å². The summed E-state index contributed by atoms with van der Waals surface area (Å²) in [7, 11) is 0. The molecule has 0 radical (unpaired) electrons. The van der Waals surface area contributed by atoms with E-state index < -0.39 is 0 Å². The molecule has 1 N–H and O–H groups in total. The molecular weight excluding hydrogens is 468 g/mol. The predicted molar refractivity (Wildman–Crippen MR) is 135 cm³/mol. The Morgan fingerprint density at radius 2 is 2.03 bits per heavy atom. The molecule has 1 saturated heterocycles. The van der Waals surface area contributed by atoms with E-state index in [2.05, 4.69) is 19.7 Å². The summed E-state index contributed by atoms with van der Waals surface area (Å²) >= 11 is 3.19. The first-order chi connectivity index (χ1) is 16.7. The number of carbonyl (C=O) groups excluding carboxylic acids is 1. The van der Waals surface area contributed by atoms with Gasteiger partial charge in [-0.05, 0) is 50.5 Å². The molecule has 10 heteroatoms. The molecule has 1 fully saturated rings. The summed E-state index contributed by atoms with van der Waals surface area (Å²) in [5, 5.41) is 9.78. The van der Waals surface area contributed by atoms with Crippen LogP contribution in [0.15, 0.2) is 4.79 Å². The molecule has 1 amide bonds. The van der Waals surface area contributed by atoms with Crippen molar-refractivity contribution >= 4 is 39.2 Å². The number of hydrogen-bond acceptors (Lipinski definition) is 7. The Labute approximate surface area is 206 Å². The first kappa shape index (κ1) is 22.3. The maximum absolute atomic E-state index is 13.0. The Bertz CT molecular complexity index is 1280. The number of aromatic nitrogens is 5. The maximum Gasteiger partial charge on any atom is 0.259 e. The number of hydrogen-bond donors (Lipinski definition) is 1. The fourth-order valence-electron chi connectivity index (χ4n) is 5.67. The van der Waals surface area contributed by atoms with Crippen molar-refractivity contribution in [3.05, 3.63) is 38.3 Å². The minimum Gasteiger partial charge on any atom is -0.341 e. The average molecular weight is 499 g/mol. The second-order valence-electron chi connectivity index (χ2n) is 9.66. The number of thioether (sulfide) groups is 1. The van der Waals surface area contributed by atoms with Crippen molar-refractivity contribution in [2.45, 2.75) is 76.0 Å². The van der Waals surface area contributed by atoms with E-state index in [1.165, 1.54) is 41.5 Å². The van der Waals surface area contributed by atoms with Gasteiger partial charge in [-0.25, -0.2) is 4.98 Å². The molecule has 3 aromatic heterocycles. The minimum absolute atomic E-state index is 0.0300. The van der Waals surface area contributed by atoms with Crippen molar-refractivity contribution in [3.8, 4) is 0 Å². The van der Waals surface area contributed by atoms with Gasteiger partial charge >= 0.3 is 0 Å². The molecule has 2 aliphatic heterocycles. The molecule has 0 saturated carbocycles. The zero-order chi connectivity index (χ0) is 23.1. The molecular formula is C24H30N6O2S2. The number of piperidine rings is 1. The molecule has 0 aromatic carbocycles. The van der Waals surface area contributed by atoms with Gasteiger partial charge in [-0.3, -0.25) is 9.59 Å². The minimum atomic E-state index is -0.0300. The number of nitrogens with zero attached hydrogens (tertiary/aromatic N) is 5. The lowest BCUT2D eigenvalue weighted by Crippen LogP contribution is -2.40. The van der Waals surface area contributed by atoms with Crippen LogP contribution in [0.4, 0.5) is 0 Å². The van der Waals surface area contributed by atoms with Gasteiger partial charge in [-0.2, -0.15) is 0 Å². The summed E-state index contributed by atoms with van der Waals surface area (Å²) in [5.41, 5.74) is 1.17. The number of thiophene rings is 1.